The van der Waals surface area contributed by atoms with Crippen molar-refractivity contribution in [3.8, 4) is 0 Å². The molecule has 0 radical (unpaired) electrons. The van der Waals surface area contributed by atoms with E-state index in [1.165, 1.54) is 4.40 Å². The van der Waals surface area contributed by atoms with Gasteiger partial charge in [0.15, 0.2) is 5.69 Å². The first-order chi connectivity index (χ1) is 16.1. The lowest BCUT2D eigenvalue weighted by Crippen LogP contribution is -2.38. The van der Waals surface area contributed by atoms with E-state index in [1.807, 2.05) is 31.7 Å². The second-order valence-electron chi connectivity index (χ2n) is 8.59. The fourth-order valence-corrected chi connectivity index (χ4v) is 5.11. The predicted octanol–water partition coefficient (Wildman–Crippen LogP) is 4.71. The zero-order chi connectivity index (χ0) is 24.6. The van der Waals surface area contributed by atoms with Crippen molar-refractivity contribution in [2.45, 2.75) is 52.0 Å². The quantitative estimate of drug-likeness (QED) is 0.463. The van der Waals surface area contributed by atoms with E-state index >= 15 is 0 Å². The summed E-state index contributed by atoms with van der Waals surface area (Å²) in [6.07, 6.45) is -1.90. The van der Waals surface area contributed by atoms with Crippen LogP contribution in [0.1, 0.15) is 50.4 Å². The Balaban J connectivity index is 1.97. The molecule has 1 saturated heterocycles. The molecule has 0 aliphatic carbocycles. The Morgan fingerprint density at radius 3 is 2.62 bits per heavy atom. The number of halogens is 3. The van der Waals surface area contributed by atoms with Gasteiger partial charge >= 0.3 is 6.18 Å². The lowest BCUT2D eigenvalue weighted by Gasteiger charge is -2.28. The van der Waals surface area contributed by atoms with E-state index in [2.05, 4.69) is 9.38 Å². The van der Waals surface area contributed by atoms with Gasteiger partial charge in [-0.05, 0) is 44.9 Å². The summed E-state index contributed by atoms with van der Waals surface area (Å²) < 4.78 is 64.7. The van der Waals surface area contributed by atoms with Gasteiger partial charge in [0.05, 0.1) is 29.7 Å². The highest BCUT2D eigenvalue weighted by molar-refractivity contribution is 7.84. The Bertz CT molecular complexity index is 1270. The third kappa shape index (κ3) is 4.81. The van der Waals surface area contributed by atoms with Gasteiger partial charge in [-0.2, -0.15) is 17.6 Å². The highest BCUT2D eigenvalue weighted by atomic mass is 32.2. The topological polar surface area (TPSA) is 72.1 Å². The summed E-state index contributed by atoms with van der Waals surface area (Å²) in [5.41, 5.74) is 1.68. The van der Waals surface area contributed by atoms with Gasteiger partial charge in [-0.25, -0.2) is 14.2 Å². The second-order valence-corrected chi connectivity index (χ2v) is 10.1. The van der Waals surface area contributed by atoms with Crippen LogP contribution in [0.25, 0.3) is 16.6 Å². The van der Waals surface area contributed by atoms with Crippen LogP contribution in [0.3, 0.4) is 0 Å². The van der Waals surface area contributed by atoms with Crippen LogP contribution >= 0.6 is 0 Å². The molecule has 1 fully saturated rings. The molecule has 0 N–H and O–H groups in total. The van der Waals surface area contributed by atoms with Gasteiger partial charge in [-0.15, -0.1) is 0 Å². The number of nitrogens with zero attached hydrogens (tertiary/aromatic N) is 5. The molecule has 3 aromatic rings. The molecule has 4 rings (SSSR count). The Morgan fingerprint density at radius 1 is 1.26 bits per heavy atom. The predicted molar refractivity (Wildman–Crippen MR) is 128 cm³/mol. The van der Waals surface area contributed by atoms with Crippen LogP contribution in [0.15, 0.2) is 22.7 Å². The van der Waals surface area contributed by atoms with Crippen LogP contribution in [0.4, 0.5) is 19.1 Å². The third-order valence-corrected chi connectivity index (χ3v) is 7.25. The van der Waals surface area contributed by atoms with E-state index in [4.69, 9.17) is 9.72 Å². The maximum Gasteiger partial charge on any atom is 0.434 e. The summed E-state index contributed by atoms with van der Waals surface area (Å²) in [4.78, 5) is 10.7. The van der Waals surface area contributed by atoms with Gasteiger partial charge in [0.1, 0.15) is 16.6 Å². The van der Waals surface area contributed by atoms with Crippen LogP contribution in [0.5, 0.6) is 0 Å². The lowest BCUT2D eigenvalue weighted by atomic mass is 10.0. The smallest absolute Gasteiger partial charge is 0.378 e. The first kappa shape index (κ1) is 24.6. The summed E-state index contributed by atoms with van der Waals surface area (Å²) in [7, 11) is -1.43. The van der Waals surface area contributed by atoms with Crippen molar-refractivity contribution in [2.75, 3.05) is 31.2 Å². The molecule has 1 aliphatic rings. The van der Waals surface area contributed by atoms with E-state index < -0.39 is 22.9 Å². The van der Waals surface area contributed by atoms with Crippen molar-refractivity contribution >= 4 is 39.2 Å². The van der Waals surface area contributed by atoms with Gasteiger partial charge < -0.3 is 9.64 Å². The minimum absolute atomic E-state index is 0.0961. The van der Waals surface area contributed by atoms with E-state index in [1.54, 1.807) is 13.0 Å². The Kier molecular flexibility index (Phi) is 6.95. The number of ether oxygens (including phenoxy) is 1. The van der Waals surface area contributed by atoms with Crippen molar-refractivity contribution in [1.29, 1.82) is 0 Å². The second kappa shape index (κ2) is 9.61. The number of fused-ring (bicyclic) bond motifs is 3. The molecule has 11 heteroatoms. The highest BCUT2D eigenvalue weighted by Gasteiger charge is 2.35. The van der Waals surface area contributed by atoms with E-state index in [-0.39, 0.29) is 10.9 Å². The number of alkyl halides is 3. The zero-order valence-corrected chi connectivity index (χ0v) is 20.5. The third-order valence-electron chi connectivity index (χ3n) is 5.87. The van der Waals surface area contributed by atoms with Crippen molar-refractivity contribution in [3.63, 3.8) is 0 Å². The fourth-order valence-electron chi connectivity index (χ4n) is 4.13. The van der Waals surface area contributed by atoms with Gasteiger partial charge in [0, 0.05) is 30.2 Å². The maximum absolute atomic E-state index is 13.6. The number of aryl methyl sites for hydroxylation is 1. The molecular formula is C23H28F3N5O2S. The fraction of sp³-hybridized carbons (Fsp3) is 0.522. The summed E-state index contributed by atoms with van der Waals surface area (Å²) >= 11 is 0. The lowest BCUT2D eigenvalue weighted by molar-refractivity contribution is -0.140. The van der Waals surface area contributed by atoms with Crippen LogP contribution in [-0.2, 0) is 21.9 Å². The Labute approximate surface area is 198 Å². The molecule has 1 aromatic carbocycles. The molecule has 184 valence electrons. The van der Waals surface area contributed by atoms with Crippen LogP contribution in [0, 0.1) is 6.92 Å². The average Bonchev–Trinajstić information content (AvgIpc) is 3.25. The van der Waals surface area contributed by atoms with Crippen molar-refractivity contribution in [2.24, 2.45) is 4.40 Å². The summed E-state index contributed by atoms with van der Waals surface area (Å²) in [5.74, 6) is 0.368. The van der Waals surface area contributed by atoms with E-state index in [0.29, 0.717) is 54.4 Å². The van der Waals surface area contributed by atoms with Crippen LogP contribution in [-0.4, -0.2) is 55.8 Å². The SMILES string of the molecule is CCCC(C)S(=O)/N=C(\C)c1cc(C)cc2c1nc(N1CCOCC1)n1cc(C(F)(F)F)nc21. The minimum Gasteiger partial charge on any atom is -0.378 e. The van der Waals surface area contributed by atoms with E-state index in [0.717, 1.165) is 24.6 Å². The number of anilines is 1. The number of hydrogen-bond donors (Lipinski definition) is 0. The van der Waals surface area contributed by atoms with Crippen molar-refractivity contribution in [1.82, 2.24) is 14.4 Å². The maximum atomic E-state index is 13.6. The summed E-state index contributed by atoms with van der Waals surface area (Å²) in [6, 6.07) is 3.66. The van der Waals surface area contributed by atoms with Gasteiger partial charge in [-0.3, -0.25) is 4.40 Å². The number of hydrogen-bond acceptors (Lipinski definition) is 5. The summed E-state index contributed by atoms with van der Waals surface area (Å²) in [6.45, 7) is 9.45. The number of rotatable bonds is 6. The number of morpholine rings is 1. The number of aromatic nitrogens is 3. The standard InChI is InChI=1S/C23H28F3N5O2S/c1-5-6-15(3)34(32)29-16(4)17-11-14(2)12-18-20(17)28-22(30-7-9-33-10-8-30)31-13-19(23(24,25)26)27-21(18)31/h11-13,15H,5-10H2,1-4H3/b29-16+. The Morgan fingerprint density at radius 2 is 1.97 bits per heavy atom. The molecule has 2 aromatic heterocycles. The Hall–Kier alpha value is -2.53. The van der Waals surface area contributed by atoms with Crippen LogP contribution in [0.2, 0.25) is 0 Å². The molecule has 2 unspecified atom stereocenters. The van der Waals surface area contributed by atoms with Gasteiger partial charge in [0.25, 0.3) is 0 Å². The normalized spacial score (nSPS) is 17.5. The molecule has 0 bridgehead atoms. The first-order valence-electron chi connectivity index (χ1n) is 11.3. The minimum atomic E-state index is -4.59. The summed E-state index contributed by atoms with van der Waals surface area (Å²) in [5, 5.41) is 0.394. The molecule has 0 amide bonds. The number of benzene rings is 1. The number of imidazole rings is 1. The monoisotopic (exact) mass is 495 g/mol. The molecule has 7 nitrogen and oxygen atoms in total. The highest BCUT2D eigenvalue weighted by Crippen LogP contribution is 2.33. The van der Waals surface area contributed by atoms with Gasteiger partial charge in [-0.1, -0.05) is 13.3 Å². The van der Waals surface area contributed by atoms with Crippen molar-refractivity contribution in [3.05, 3.63) is 35.2 Å². The zero-order valence-electron chi connectivity index (χ0n) is 19.6. The molecule has 2 atom stereocenters. The van der Waals surface area contributed by atoms with Crippen molar-refractivity contribution < 1.29 is 22.1 Å². The molecule has 0 spiro atoms. The first-order valence-corrected chi connectivity index (χ1v) is 12.5. The molecule has 0 saturated carbocycles. The molecular weight excluding hydrogens is 467 g/mol. The van der Waals surface area contributed by atoms with Crippen LogP contribution < -0.4 is 4.90 Å². The molecule has 34 heavy (non-hydrogen) atoms. The van der Waals surface area contributed by atoms with Gasteiger partial charge in [0.2, 0.25) is 5.95 Å². The average molecular weight is 496 g/mol. The largest absolute Gasteiger partial charge is 0.434 e. The van der Waals surface area contributed by atoms with E-state index in [9.17, 15) is 17.4 Å². The molecule has 1 aliphatic heterocycles. The molecule has 3 heterocycles.